The van der Waals surface area contributed by atoms with Crippen LogP contribution >= 0.6 is 0 Å². The number of ether oxygens (including phenoxy) is 1. The van der Waals surface area contributed by atoms with Crippen molar-refractivity contribution in [1.82, 2.24) is 9.62 Å². The third-order valence-electron chi connectivity index (χ3n) is 4.83. The van der Waals surface area contributed by atoms with E-state index in [0.29, 0.717) is 31.7 Å². The van der Waals surface area contributed by atoms with Crippen LogP contribution in [0.15, 0.2) is 36.9 Å². The molecule has 1 fully saturated rings. The first-order chi connectivity index (χ1) is 11.9. The van der Waals surface area contributed by atoms with Crippen LogP contribution in [0.2, 0.25) is 0 Å². The molecule has 1 saturated heterocycles. The van der Waals surface area contributed by atoms with Crippen LogP contribution in [0.3, 0.4) is 0 Å². The van der Waals surface area contributed by atoms with Gasteiger partial charge in [-0.3, -0.25) is 4.79 Å². The summed E-state index contributed by atoms with van der Waals surface area (Å²) in [4.78, 5) is 14.4. The number of likely N-dealkylation sites (tertiary alicyclic amines) is 1. The van der Waals surface area contributed by atoms with Gasteiger partial charge in [0, 0.05) is 36.7 Å². The van der Waals surface area contributed by atoms with Gasteiger partial charge in [-0.25, -0.2) is 8.93 Å². The molecule has 1 heterocycles. The molecule has 0 spiro atoms. The minimum absolute atomic E-state index is 0.103. The molecule has 2 rings (SSSR count). The molecule has 138 valence electrons. The summed E-state index contributed by atoms with van der Waals surface area (Å²) in [5, 5.41) is 0. The van der Waals surface area contributed by atoms with Gasteiger partial charge in [0.05, 0.1) is 18.1 Å². The van der Waals surface area contributed by atoms with E-state index in [-0.39, 0.29) is 11.8 Å². The second-order valence-corrected chi connectivity index (χ2v) is 8.14. The lowest BCUT2D eigenvalue weighted by molar-refractivity contribution is -0.128. The van der Waals surface area contributed by atoms with Gasteiger partial charge in [-0.1, -0.05) is 25.1 Å². The number of hydrogen-bond acceptors (Lipinski definition) is 3. The molecule has 3 unspecified atom stereocenters. The van der Waals surface area contributed by atoms with Gasteiger partial charge in [0.25, 0.3) is 0 Å². The Hall–Kier alpha value is -1.66. The molecule has 0 aliphatic carbocycles. The lowest BCUT2D eigenvalue weighted by Gasteiger charge is -2.35. The molecule has 1 aliphatic rings. The second-order valence-electron chi connectivity index (χ2n) is 6.67. The predicted octanol–water partition coefficient (Wildman–Crippen LogP) is 2.65. The zero-order chi connectivity index (χ0) is 18.4. The van der Waals surface area contributed by atoms with Crippen LogP contribution in [0.4, 0.5) is 0 Å². The highest BCUT2D eigenvalue weighted by molar-refractivity contribution is 7.83. The van der Waals surface area contributed by atoms with Crippen molar-refractivity contribution >= 4 is 16.9 Å². The Morgan fingerprint density at radius 3 is 2.68 bits per heavy atom. The summed E-state index contributed by atoms with van der Waals surface area (Å²) in [7, 11) is 0.537. The molecule has 0 aromatic heterocycles. The number of carbonyl (C=O) groups is 1. The molecular formula is C19H28N2O3S. The summed E-state index contributed by atoms with van der Waals surface area (Å²) in [5.74, 6) is 1.59. The van der Waals surface area contributed by atoms with Crippen molar-refractivity contribution in [3.05, 3.63) is 42.5 Å². The first-order valence-electron chi connectivity index (χ1n) is 8.59. The normalized spacial score (nSPS) is 21.0. The van der Waals surface area contributed by atoms with Crippen molar-refractivity contribution in [2.75, 3.05) is 19.4 Å². The summed E-state index contributed by atoms with van der Waals surface area (Å²) < 4.78 is 20.4. The van der Waals surface area contributed by atoms with E-state index in [9.17, 15) is 9.00 Å². The van der Waals surface area contributed by atoms with Crippen LogP contribution in [-0.4, -0.2) is 40.0 Å². The summed E-state index contributed by atoms with van der Waals surface area (Å²) in [5.41, 5.74) is 0.678. The number of nitrogens with one attached hydrogen (secondary N) is 1. The van der Waals surface area contributed by atoms with Crippen molar-refractivity contribution in [3.8, 4) is 5.75 Å². The maximum atomic E-state index is 12.5. The van der Waals surface area contributed by atoms with E-state index in [4.69, 9.17) is 4.74 Å². The Labute approximate surface area is 153 Å². The van der Waals surface area contributed by atoms with Gasteiger partial charge >= 0.3 is 0 Å². The highest BCUT2D eigenvalue weighted by Crippen LogP contribution is 2.32. The molecule has 0 bridgehead atoms. The van der Waals surface area contributed by atoms with E-state index in [2.05, 4.69) is 11.3 Å². The Bertz CT molecular complexity index is 632. The van der Waals surface area contributed by atoms with Crippen LogP contribution in [0, 0.1) is 5.92 Å². The number of rotatable bonds is 9. The summed E-state index contributed by atoms with van der Waals surface area (Å²) in [6.07, 6.45) is 2.97. The number of nitrogens with zero attached hydrogens (tertiary/aromatic N) is 1. The maximum Gasteiger partial charge on any atom is 0.223 e. The standard InChI is InChI=1S/C19H28N2O3S/c1-5-11-19(3,20-25(23)6-2)16-12-18(22)21(14-16)13-15-7-9-17(24-4)10-8-15/h5,7-10,16,20H,1,6,11-14H2,2-4H3. The highest BCUT2D eigenvalue weighted by atomic mass is 32.2. The Morgan fingerprint density at radius 2 is 2.12 bits per heavy atom. The van der Waals surface area contributed by atoms with Crippen LogP contribution in [0.25, 0.3) is 0 Å². The Kier molecular flexibility index (Phi) is 6.79. The van der Waals surface area contributed by atoms with Crippen LogP contribution in [0.5, 0.6) is 5.75 Å². The quantitative estimate of drug-likeness (QED) is 0.686. The molecule has 25 heavy (non-hydrogen) atoms. The highest BCUT2D eigenvalue weighted by Gasteiger charge is 2.42. The first kappa shape index (κ1) is 19.7. The molecule has 0 radical (unpaired) electrons. The van der Waals surface area contributed by atoms with E-state index >= 15 is 0 Å². The van der Waals surface area contributed by atoms with E-state index in [1.807, 2.05) is 49.1 Å². The van der Waals surface area contributed by atoms with E-state index in [1.54, 1.807) is 7.11 Å². The van der Waals surface area contributed by atoms with Gasteiger partial charge in [0.2, 0.25) is 5.91 Å². The average Bonchev–Trinajstić information content (AvgIpc) is 2.97. The third kappa shape index (κ3) is 4.92. The minimum atomic E-state index is -1.10. The van der Waals surface area contributed by atoms with E-state index in [0.717, 1.165) is 11.3 Å². The second kappa shape index (κ2) is 8.63. The zero-order valence-corrected chi connectivity index (χ0v) is 16.1. The number of benzene rings is 1. The maximum absolute atomic E-state index is 12.5. The van der Waals surface area contributed by atoms with Crippen LogP contribution in [-0.2, 0) is 22.3 Å². The summed E-state index contributed by atoms with van der Waals surface area (Å²) in [6.45, 7) is 8.98. The van der Waals surface area contributed by atoms with Gasteiger partial charge < -0.3 is 9.64 Å². The molecule has 0 saturated carbocycles. The fourth-order valence-electron chi connectivity index (χ4n) is 3.23. The number of methoxy groups -OCH3 is 1. The zero-order valence-electron chi connectivity index (χ0n) is 15.3. The smallest absolute Gasteiger partial charge is 0.223 e. The van der Waals surface area contributed by atoms with Crippen molar-refractivity contribution in [3.63, 3.8) is 0 Å². The van der Waals surface area contributed by atoms with Crippen molar-refractivity contribution < 1.29 is 13.7 Å². The summed E-state index contributed by atoms with van der Waals surface area (Å²) in [6, 6.07) is 7.77. The SMILES string of the molecule is C=CCC(C)(NS(=O)CC)C1CC(=O)N(Cc2ccc(OC)cc2)C1. The molecule has 6 heteroatoms. The largest absolute Gasteiger partial charge is 0.497 e. The van der Waals surface area contributed by atoms with Gasteiger partial charge in [-0.15, -0.1) is 6.58 Å². The molecule has 1 aromatic rings. The van der Waals surface area contributed by atoms with Crippen molar-refractivity contribution in [2.24, 2.45) is 5.92 Å². The molecule has 3 atom stereocenters. The molecule has 1 aliphatic heterocycles. The van der Waals surface area contributed by atoms with Gasteiger partial charge in [0.15, 0.2) is 0 Å². The van der Waals surface area contributed by atoms with Gasteiger partial charge in [0.1, 0.15) is 5.75 Å². The first-order valence-corrected chi connectivity index (χ1v) is 9.91. The fourth-order valence-corrected chi connectivity index (χ4v) is 4.14. The monoisotopic (exact) mass is 364 g/mol. The number of amides is 1. The topological polar surface area (TPSA) is 58.6 Å². The fraction of sp³-hybridized carbons (Fsp3) is 0.526. The van der Waals surface area contributed by atoms with Crippen molar-refractivity contribution in [1.29, 1.82) is 0 Å². The number of hydrogen-bond donors (Lipinski definition) is 1. The summed E-state index contributed by atoms with van der Waals surface area (Å²) >= 11 is 0. The van der Waals surface area contributed by atoms with Crippen LogP contribution < -0.4 is 9.46 Å². The van der Waals surface area contributed by atoms with Gasteiger partial charge in [-0.05, 0) is 31.0 Å². The predicted molar refractivity (Wildman–Crippen MR) is 102 cm³/mol. The Morgan fingerprint density at radius 1 is 1.44 bits per heavy atom. The van der Waals surface area contributed by atoms with Crippen molar-refractivity contribution in [2.45, 2.75) is 38.8 Å². The van der Waals surface area contributed by atoms with Gasteiger partial charge in [-0.2, -0.15) is 0 Å². The van der Waals surface area contributed by atoms with E-state index in [1.165, 1.54) is 0 Å². The Balaban J connectivity index is 2.08. The van der Waals surface area contributed by atoms with E-state index < -0.39 is 16.5 Å². The minimum Gasteiger partial charge on any atom is -0.497 e. The van der Waals surface area contributed by atoms with Crippen LogP contribution in [0.1, 0.15) is 32.3 Å². The molecule has 1 aromatic carbocycles. The molecule has 1 N–H and O–H groups in total. The third-order valence-corrected chi connectivity index (χ3v) is 6.04. The molecular weight excluding hydrogens is 336 g/mol. The lowest BCUT2D eigenvalue weighted by atomic mass is 9.83. The molecule has 5 nitrogen and oxygen atoms in total. The average molecular weight is 365 g/mol. The molecule has 1 amide bonds. The lowest BCUT2D eigenvalue weighted by Crippen LogP contribution is -2.50. The number of carbonyl (C=O) groups excluding carboxylic acids is 1.